The largest absolute Gasteiger partial charge is 0.367 e. The van der Waals surface area contributed by atoms with E-state index in [1.54, 1.807) is 11.3 Å². The normalized spacial score (nSPS) is 19.6. The molecule has 1 amide bonds. The van der Waals surface area contributed by atoms with Gasteiger partial charge >= 0.3 is 0 Å². The number of nitrogens with zero attached hydrogens (tertiary/aromatic N) is 3. The smallest absolute Gasteiger partial charge is 0.225 e. The number of amides is 1. The molecule has 1 saturated carbocycles. The molecule has 5 heteroatoms. The molecule has 1 aliphatic heterocycles. The predicted octanol–water partition coefficient (Wildman–Crippen LogP) is 2.35. The summed E-state index contributed by atoms with van der Waals surface area (Å²) in [6, 6.07) is 4.16. The first-order chi connectivity index (χ1) is 9.83. The van der Waals surface area contributed by atoms with Crippen LogP contribution in [0.3, 0.4) is 0 Å². The Morgan fingerprint density at radius 1 is 1.20 bits per heavy atom. The third-order valence-corrected chi connectivity index (χ3v) is 5.11. The average Bonchev–Trinajstić information content (AvgIpc) is 3.23. The summed E-state index contributed by atoms with van der Waals surface area (Å²) >= 11 is 1.74. The van der Waals surface area contributed by atoms with Gasteiger partial charge in [0.05, 0.1) is 15.9 Å². The molecule has 2 aromatic rings. The second kappa shape index (κ2) is 4.74. The predicted molar refractivity (Wildman–Crippen MR) is 81.1 cm³/mol. The van der Waals surface area contributed by atoms with Crippen LogP contribution in [0, 0.1) is 5.92 Å². The number of piperazine rings is 1. The molecule has 0 radical (unpaired) electrons. The fourth-order valence-electron chi connectivity index (χ4n) is 2.86. The molecule has 0 unspecified atom stereocenters. The highest BCUT2D eigenvalue weighted by molar-refractivity contribution is 7.17. The van der Waals surface area contributed by atoms with Crippen molar-refractivity contribution in [2.75, 3.05) is 31.1 Å². The average molecular weight is 287 g/mol. The van der Waals surface area contributed by atoms with Gasteiger partial charge in [-0.15, -0.1) is 11.3 Å². The van der Waals surface area contributed by atoms with Crippen molar-refractivity contribution in [2.24, 2.45) is 5.92 Å². The van der Waals surface area contributed by atoms with Gasteiger partial charge in [0.25, 0.3) is 0 Å². The van der Waals surface area contributed by atoms with Crippen LogP contribution < -0.4 is 4.90 Å². The van der Waals surface area contributed by atoms with Crippen LogP contribution in [-0.2, 0) is 4.79 Å². The summed E-state index contributed by atoms with van der Waals surface area (Å²) in [5.41, 5.74) is 2.34. The number of thiophene rings is 1. The maximum atomic E-state index is 12.1. The Morgan fingerprint density at radius 3 is 2.75 bits per heavy atom. The van der Waals surface area contributed by atoms with E-state index in [2.05, 4.69) is 27.4 Å². The Morgan fingerprint density at radius 2 is 2.00 bits per heavy atom. The summed E-state index contributed by atoms with van der Waals surface area (Å²) in [4.78, 5) is 20.9. The van der Waals surface area contributed by atoms with Gasteiger partial charge in [0, 0.05) is 38.3 Å². The van der Waals surface area contributed by atoms with E-state index in [4.69, 9.17) is 0 Å². The number of pyridine rings is 1. The zero-order valence-electron chi connectivity index (χ0n) is 11.3. The van der Waals surface area contributed by atoms with Gasteiger partial charge in [-0.25, -0.2) is 0 Å². The van der Waals surface area contributed by atoms with Gasteiger partial charge in [0.2, 0.25) is 5.91 Å². The highest BCUT2D eigenvalue weighted by Crippen LogP contribution is 2.33. The fraction of sp³-hybridized carbons (Fsp3) is 0.467. The van der Waals surface area contributed by atoms with Crippen LogP contribution in [0.5, 0.6) is 0 Å². The Hall–Kier alpha value is -1.62. The number of hydrogen-bond acceptors (Lipinski definition) is 4. The molecular formula is C15H17N3OS. The number of hydrogen-bond donors (Lipinski definition) is 0. The van der Waals surface area contributed by atoms with Crippen LogP contribution in [0.15, 0.2) is 23.7 Å². The van der Waals surface area contributed by atoms with Gasteiger partial charge in [-0.3, -0.25) is 9.78 Å². The molecule has 4 nitrogen and oxygen atoms in total. The maximum absolute atomic E-state index is 12.1. The zero-order chi connectivity index (χ0) is 13.5. The zero-order valence-corrected chi connectivity index (χ0v) is 12.1. The van der Waals surface area contributed by atoms with Crippen LogP contribution in [-0.4, -0.2) is 42.0 Å². The minimum atomic E-state index is 0.339. The summed E-state index contributed by atoms with van der Waals surface area (Å²) in [6.07, 6.45) is 4.07. The van der Waals surface area contributed by atoms with Gasteiger partial charge in [0.1, 0.15) is 0 Å². The molecule has 0 spiro atoms. The molecule has 0 aromatic carbocycles. The van der Waals surface area contributed by atoms with E-state index < -0.39 is 0 Å². The lowest BCUT2D eigenvalue weighted by Gasteiger charge is -2.36. The van der Waals surface area contributed by atoms with Crippen LogP contribution in [0.1, 0.15) is 12.8 Å². The summed E-state index contributed by atoms with van der Waals surface area (Å²) in [6.45, 7) is 3.56. The molecule has 1 saturated heterocycles. The van der Waals surface area contributed by atoms with E-state index in [1.807, 2.05) is 11.1 Å². The van der Waals surface area contributed by atoms with Gasteiger partial charge in [-0.2, -0.15) is 0 Å². The molecule has 3 heterocycles. The summed E-state index contributed by atoms with van der Waals surface area (Å²) in [5.74, 6) is 0.715. The lowest BCUT2D eigenvalue weighted by atomic mass is 10.2. The van der Waals surface area contributed by atoms with E-state index >= 15 is 0 Å². The Kier molecular flexibility index (Phi) is 2.88. The molecule has 2 fully saturated rings. The molecule has 1 aliphatic carbocycles. The quantitative estimate of drug-likeness (QED) is 0.851. The van der Waals surface area contributed by atoms with Crippen molar-refractivity contribution in [3.63, 3.8) is 0 Å². The standard InChI is InChI=1S/C15H17N3OS/c19-15(11-1-2-11)18-8-6-17(7-9-18)13-3-5-16-12-4-10-20-14(12)13/h3-5,10-11H,1-2,6-9H2. The van der Waals surface area contributed by atoms with Crippen molar-refractivity contribution in [1.82, 2.24) is 9.88 Å². The molecule has 104 valence electrons. The summed E-state index contributed by atoms with van der Waals surface area (Å²) in [5, 5.41) is 2.09. The van der Waals surface area contributed by atoms with E-state index in [0.29, 0.717) is 11.8 Å². The molecule has 0 N–H and O–H groups in total. The number of fused-ring (bicyclic) bond motifs is 1. The maximum Gasteiger partial charge on any atom is 0.225 e. The molecular weight excluding hydrogens is 270 g/mol. The molecule has 2 aromatic heterocycles. The van der Waals surface area contributed by atoms with Crippen LogP contribution in [0.4, 0.5) is 5.69 Å². The van der Waals surface area contributed by atoms with Crippen molar-refractivity contribution in [1.29, 1.82) is 0 Å². The molecule has 0 atom stereocenters. The minimum absolute atomic E-state index is 0.339. The van der Waals surface area contributed by atoms with Gasteiger partial charge in [-0.1, -0.05) is 0 Å². The Bertz CT molecular complexity index is 641. The first-order valence-corrected chi connectivity index (χ1v) is 8.07. The van der Waals surface area contributed by atoms with Gasteiger partial charge < -0.3 is 9.80 Å². The fourth-order valence-corrected chi connectivity index (χ4v) is 3.76. The van der Waals surface area contributed by atoms with Crippen molar-refractivity contribution in [3.05, 3.63) is 23.7 Å². The Balaban J connectivity index is 1.51. The number of aromatic nitrogens is 1. The van der Waals surface area contributed by atoms with Crippen LogP contribution >= 0.6 is 11.3 Å². The SMILES string of the molecule is O=C(C1CC1)N1CCN(c2ccnc3ccsc23)CC1. The first-order valence-electron chi connectivity index (χ1n) is 7.19. The highest BCUT2D eigenvalue weighted by Gasteiger charge is 2.34. The number of rotatable bonds is 2. The summed E-state index contributed by atoms with van der Waals surface area (Å²) < 4.78 is 1.26. The molecule has 4 rings (SSSR count). The first kappa shape index (κ1) is 12.1. The lowest BCUT2D eigenvalue weighted by molar-refractivity contribution is -0.132. The van der Waals surface area contributed by atoms with Crippen LogP contribution in [0.25, 0.3) is 10.2 Å². The third-order valence-electron chi connectivity index (χ3n) is 4.18. The molecule has 20 heavy (non-hydrogen) atoms. The summed E-state index contributed by atoms with van der Waals surface area (Å²) in [7, 11) is 0. The second-order valence-electron chi connectivity index (χ2n) is 5.55. The van der Waals surface area contributed by atoms with Crippen molar-refractivity contribution in [2.45, 2.75) is 12.8 Å². The van der Waals surface area contributed by atoms with Gasteiger partial charge in [-0.05, 0) is 30.4 Å². The number of anilines is 1. The Labute approximate surface area is 122 Å². The third kappa shape index (κ3) is 2.06. The minimum Gasteiger partial charge on any atom is -0.367 e. The monoisotopic (exact) mass is 287 g/mol. The highest BCUT2D eigenvalue weighted by atomic mass is 32.1. The van der Waals surface area contributed by atoms with Gasteiger partial charge in [0.15, 0.2) is 0 Å². The number of carbonyl (C=O) groups excluding carboxylic acids is 1. The van der Waals surface area contributed by atoms with Crippen molar-refractivity contribution in [3.8, 4) is 0 Å². The molecule has 2 aliphatic rings. The van der Waals surface area contributed by atoms with E-state index in [9.17, 15) is 4.79 Å². The van der Waals surface area contributed by atoms with Crippen molar-refractivity contribution < 1.29 is 4.79 Å². The van der Waals surface area contributed by atoms with E-state index in [1.165, 1.54) is 10.4 Å². The van der Waals surface area contributed by atoms with Crippen molar-refractivity contribution >= 4 is 33.1 Å². The van der Waals surface area contributed by atoms with E-state index in [0.717, 1.165) is 44.5 Å². The second-order valence-corrected chi connectivity index (χ2v) is 6.47. The lowest BCUT2D eigenvalue weighted by Crippen LogP contribution is -2.49. The molecule has 0 bridgehead atoms. The van der Waals surface area contributed by atoms with E-state index in [-0.39, 0.29) is 0 Å². The topological polar surface area (TPSA) is 36.4 Å². The number of carbonyl (C=O) groups is 1. The van der Waals surface area contributed by atoms with Crippen LogP contribution in [0.2, 0.25) is 0 Å².